The maximum atomic E-state index is 13.5. The molecule has 0 amide bonds. The molecular formula is C13H14F2N2O. The molecule has 0 radical (unpaired) electrons. The molecule has 0 atom stereocenters. The molecule has 0 unspecified atom stereocenters. The number of hydrogen-bond donors (Lipinski definition) is 2. The Morgan fingerprint density at radius 1 is 1.33 bits per heavy atom. The molecule has 2 rings (SSSR count). The predicted molar refractivity (Wildman–Crippen MR) is 61.6 cm³/mol. The van der Waals surface area contributed by atoms with E-state index in [1.165, 1.54) is 0 Å². The van der Waals surface area contributed by atoms with Crippen molar-refractivity contribution >= 4 is 0 Å². The van der Waals surface area contributed by atoms with E-state index in [1.54, 1.807) is 6.07 Å². The lowest BCUT2D eigenvalue weighted by molar-refractivity contribution is -0.0315. The smallest absolute Gasteiger partial charge is 0.131 e. The summed E-state index contributed by atoms with van der Waals surface area (Å²) in [5.74, 6) is -1.47. The van der Waals surface area contributed by atoms with Gasteiger partial charge in [-0.2, -0.15) is 5.26 Å². The summed E-state index contributed by atoms with van der Waals surface area (Å²) in [5.41, 5.74) is -0.859. The number of hydrogen-bond acceptors (Lipinski definition) is 3. The summed E-state index contributed by atoms with van der Waals surface area (Å²) in [5, 5.41) is 21.2. The fraction of sp³-hybridized carbons (Fsp3) is 0.462. The van der Waals surface area contributed by atoms with Gasteiger partial charge < -0.3 is 10.4 Å². The molecule has 96 valence electrons. The molecule has 0 aliphatic heterocycles. The molecule has 2 N–H and O–H groups in total. The molecule has 18 heavy (non-hydrogen) atoms. The van der Waals surface area contributed by atoms with E-state index in [-0.39, 0.29) is 17.7 Å². The van der Waals surface area contributed by atoms with E-state index in [1.807, 2.05) is 0 Å². The molecule has 1 aromatic rings. The quantitative estimate of drug-likeness (QED) is 0.859. The minimum atomic E-state index is -0.736. The lowest BCUT2D eigenvalue weighted by atomic mass is 9.80. The zero-order chi connectivity index (χ0) is 13.2. The first kappa shape index (κ1) is 12.9. The van der Waals surface area contributed by atoms with Crippen LogP contribution in [-0.2, 0) is 6.54 Å². The summed E-state index contributed by atoms with van der Waals surface area (Å²) in [6.07, 6.45) is 2.43. The SMILES string of the molecule is N#Cc1cc(F)c(CNCC2(O)CCC2)c(F)c1. The second-order valence-corrected chi connectivity index (χ2v) is 4.71. The molecule has 1 aliphatic rings. The third-order valence-corrected chi connectivity index (χ3v) is 3.31. The van der Waals surface area contributed by atoms with Crippen molar-refractivity contribution in [1.29, 1.82) is 5.26 Å². The lowest BCUT2D eigenvalue weighted by Crippen LogP contribution is -2.46. The number of benzene rings is 1. The van der Waals surface area contributed by atoms with E-state index in [2.05, 4.69) is 5.32 Å². The number of nitrogens with one attached hydrogen (secondary N) is 1. The van der Waals surface area contributed by atoms with Gasteiger partial charge in [0, 0.05) is 18.7 Å². The Hall–Kier alpha value is -1.51. The molecule has 0 heterocycles. The maximum Gasteiger partial charge on any atom is 0.131 e. The predicted octanol–water partition coefficient (Wildman–Crippen LogP) is 1.84. The Kier molecular flexibility index (Phi) is 3.60. The van der Waals surface area contributed by atoms with Crippen LogP contribution in [0.5, 0.6) is 0 Å². The zero-order valence-corrected chi connectivity index (χ0v) is 9.84. The summed E-state index contributed by atoms with van der Waals surface area (Å²) in [6.45, 7) is 0.331. The van der Waals surface area contributed by atoms with E-state index in [0.29, 0.717) is 6.54 Å². The minimum Gasteiger partial charge on any atom is -0.389 e. The van der Waals surface area contributed by atoms with E-state index >= 15 is 0 Å². The molecule has 0 aromatic heterocycles. The topological polar surface area (TPSA) is 56.0 Å². The van der Waals surface area contributed by atoms with Crippen LogP contribution < -0.4 is 5.32 Å². The summed E-state index contributed by atoms with van der Waals surface area (Å²) in [7, 11) is 0. The first-order valence-corrected chi connectivity index (χ1v) is 5.85. The lowest BCUT2D eigenvalue weighted by Gasteiger charge is -2.36. The average Bonchev–Trinajstić information content (AvgIpc) is 2.30. The molecule has 1 fully saturated rings. The molecule has 1 aliphatic carbocycles. The normalized spacial score (nSPS) is 17.0. The summed E-state index contributed by atoms with van der Waals surface area (Å²) >= 11 is 0. The molecule has 0 bridgehead atoms. The highest BCUT2D eigenvalue weighted by Gasteiger charge is 2.33. The highest BCUT2D eigenvalue weighted by Crippen LogP contribution is 2.30. The van der Waals surface area contributed by atoms with E-state index in [9.17, 15) is 13.9 Å². The molecule has 1 aromatic carbocycles. The van der Waals surface area contributed by atoms with Gasteiger partial charge in [0.1, 0.15) is 11.6 Å². The molecule has 5 heteroatoms. The van der Waals surface area contributed by atoms with Gasteiger partial charge in [-0.1, -0.05) is 0 Å². The van der Waals surface area contributed by atoms with Crippen LogP contribution in [0, 0.1) is 23.0 Å². The molecular weight excluding hydrogens is 238 g/mol. The second kappa shape index (κ2) is 5.01. The van der Waals surface area contributed by atoms with Gasteiger partial charge in [0.15, 0.2) is 0 Å². The Morgan fingerprint density at radius 3 is 2.39 bits per heavy atom. The fourth-order valence-corrected chi connectivity index (χ4v) is 2.02. The number of aliphatic hydroxyl groups is 1. The van der Waals surface area contributed by atoms with Crippen molar-refractivity contribution in [1.82, 2.24) is 5.32 Å². The highest BCUT2D eigenvalue weighted by atomic mass is 19.1. The van der Waals surface area contributed by atoms with Gasteiger partial charge in [-0.05, 0) is 31.4 Å². The van der Waals surface area contributed by atoms with Gasteiger partial charge in [-0.15, -0.1) is 0 Å². The number of halogens is 2. The van der Waals surface area contributed by atoms with Crippen molar-refractivity contribution in [3.05, 3.63) is 34.9 Å². The monoisotopic (exact) mass is 252 g/mol. The maximum absolute atomic E-state index is 13.5. The number of nitrogens with zero attached hydrogens (tertiary/aromatic N) is 1. The summed E-state index contributed by atoms with van der Waals surface area (Å²) < 4.78 is 27.0. The molecule has 3 nitrogen and oxygen atoms in total. The van der Waals surface area contributed by atoms with Gasteiger partial charge in [0.25, 0.3) is 0 Å². The largest absolute Gasteiger partial charge is 0.389 e. The van der Waals surface area contributed by atoms with Crippen LogP contribution in [0.2, 0.25) is 0 Å². The van der Waals surface area contributed by atoms with Crippen molar-refractivity contribution in [3.63, 3.8) is 0 Å². The second-order valence-electron chi connectivity index (χ2n) is 4.71. The van der Waals surface area contributed by atoms with Crippen molar-refractivity contribution in [2.24, 2.45) is 0 Å². The summed E-state index contributed by atoms with van der Waals surface area (Å²) in [4.78, 5) is 0. The Bertz CT molecular complexity index is 469. The molecule has 1 saturated carbocycles. The van der Waals surface area contributed by atoms with Gasteiger partial charge in [-0.25, -0.2) is 8.78 Å². The van der Waals surface area contributed by atoms with Gasteiger partial charge in [0.05, 0.1) is 17.2 Å². The van der Waals surface area contributed by atoms with Crippen LogP contribution in [0.25, 0.3) is 0 Å². The number of nitriles is 1. The van der Waals surface area contributed by atoms with Crippen LogP contribution >= 0.6 is 0 Å². The Balaban J connectivity index is 1.99. The van der Waals surface area contributed by atoms with Gasteiger partial charge >= 0.3 is 0 Å². The fourth-order valence-electron chi connectivity index (χ4n) is 2.02. The number of rotatable bonds is 4. The summed E-state index contributed by atoms with van der Waals surface area (Å²) in [6, 6.07) is 3.72. The van der Waals surface area contributed by atoms with Crippen molar-refractivity contribution < 1.29 is 13.9 Å². The average molecular weight is 252 g/mol. The minimum absolute atomic E-state index is 0.00564. The molecule has 0 spiro atoms. The Morgan fingerprint density at radius 2 is 1.94 bits per heavy atom. The van der Waals surface area contributed by atoms with Crippen LogP contribution in [0.3, 0.4) is 0 Å². The Labute approximate surface area is 104 Å². The highest BCUT2D eigenvalue weighted by molar-refractivity contribution is 5.34. The third-order valence-electron chi connectivity index (χ3n) is 3.31. The van der Waals surface area contributed by atoms with Crippen molar-refractivity contribution in [3.8, 4) is 6.07 Å². The van der Waals surface area contributed by atoms with Gasteiger partial charge in [-0.3, -0.25) is 0 Å². The van der Waals surface area contributed by atoms with Crippen LogP contribution in [-0.4, -0.2) is 17.3 Å². The van der Waals surface area contributed by atoms with Gasteiger partial charge in [0.2, 0.25) is 0 Å². The first-order valence-electron chi connectivity index (χ1n) is 5.85. The first-order chi connectivity index (χ1) is 8.54. The van der Waals surface area contributed by atoms with Crippen LogP contribution in [0.1, 0.15) is 30.4 Å². The van der Waals surface area contributed by atoms with E-state index in [4.69, 9.17) is 5.26 Å². The van der Waals surface area contributed by atoms with Crippen molar-refractivity contribution in [2.45, 2.75) is 31.4 Å². The van der Waals surface area contributed by atoms with Crippen LogP contribution in [0.15, 0.2) is 12.1 Å². The van der Waals surface area contributed by atoms with Crippen LogP contribution in [0.4, 0.5) is 8.78 Å². The zero-order valence-electron chi connectivity index (χ0n) is 9.84. The third kappa shape index (κ3) is 2.66. The van der Waals surface area contributed by atoms with E-state index < -0.39 is 17.2 Å². The van der Waals surface area contributed by atoms with E-state index in [0.717, 1.165) is 31.4 Å². The van der Waals surface area contributed by atoms with Crippen molar-refractivity contribution in [2.75, 3.05) is 6.54 Å². The standard InChI is InChI=1S/C13H14F2N2O/c14-11-4-9(6-16)5-12(15)10(11)7-17-8-13(18)2-1-3-13/h4-5,17-18H,1-3,7-8H2. The molecule has 0 saturated heterocycles.